The van der Waals surface area contributed by atoms with E-state index in [4.69, 9.17) is 9.88 Å². The van der Waals surface area contributed by atoms with Crippen LogP contribution in [0.5, 0.6) is 5.75 Å². The largest absolute Gasteiger partial charge is 0.490 e. The summed E-state index contributed by atoms with van der Waals surface area (Å²) in [6.07, 6.45) is 3.31. The second kappa shape index (κ2) is 9.06. The predicted molar refractivity (Wildman–Crippen MR) is 102 cm³/mol. The Bertz CT molecular complexity index is 817. The van der Waals surface area contributed by atoms with E-state index in [1.54, 1.807) is 0 Å². The van der Waals surface area contributed by atoms with Gasteiger partial charge < -0.3 is 9.64 Å². The summed E-state index contributed by atoms with van der Waals surface area (Å²) < 4.78 is 30.4. The maximum absolute atomic E-state index is 12.5. The molecule has 27 heavy (non-hydrogen) atoms. The number of benzene rings is 1. The van der Waals surface area contributed by atoms with Crippen LogP contribution in [0.1, 0.15) is 45.1 Å². The second-order valence-corrected chi connectivity index (χ2v) is 8.41. The van der Waals surface area contributed by atoms with Gasteiger partial charge in [0.2, 0.25) is 5.91 Å². The van der Waals surface area contributed by atoms with Crippen molar-refractivity contribution in [3.8, 4) is 11.8 Å². The van der Waals surface area contributed by atoms with Crippen LogP contribution in [0.4, 0.5) is 5.69 Å². The molecular formula is C18H26N4O4S. The number of rotatable bonds is 7. The van der Waals surface area contributed by atoms with Crippen LogP contribution in [0.3, 0.4) is 0 Å². The van der Waals surface area contributed by atoms with Crippen LogP contribution in [-0.4, -0.2) is 38.4 Å². The number of nitrogens with one attached hydrogen (secondary N) is 1. The third-order valence-corrected chi connectivity index (χ3v) is 4.84. The summed E-state index contributed by atoms with van der Waals surface area (Å²) >= 11 is 0. The smallest absolute Gasteiger partial charge is 0.296 e. The van der Waals surface area contributed by atoms with E-state index in [1.807, 2.05) is 24.8 Å². The average molecular weight is 394 g/mol. The molecule has 1 amide bonds. The molecule has 0 aromatic heterocycles. The molecular weight excluding hydrogens is 368 g/mol. The molecule has 8 nitrogen and oxygen atoms in total. The van der Waals surface area contributed by atoms with Crippen molar-refractivity contribution in [2.24, 2.45) is 11.1 Å². The van der Waals surface area contributed by atoms with Crippen LogP contribution in [0.25, 0.3) is 0 Å². The van der Waals surface area contributed by atoms with Gasteiger partial charge in [-0.25, -0.2) is 5.14 Å². The molecule has 0 saturated carbocycles. The Morgan fingerprint density at radius 3 is 2.81 bits per heavy atom. The number of ether oxygens (including phenoxy) is 1. The highest BCUT2D eigenvalue weighted by molar-refractivity contribution is 7.90. The monoisotopic (exact) mass is 394 g/mol. The van der Waals surface area contributed by atoms with E-state index in [9.17, 15) is 18.5 Å². The molecule has 1 saturated heterocycles. The van der Waals surface area contributed by atoms with E-state index < -0.39 is 10.2 Å². The van der Waals surface area contributed by atoms with Gasteiger partial charge in [-0.3, -0.25) is 9.52 Å². The summed E-state index contributed by atoms with van der Waals surface area (Å²) in [6, 6.07) is 6.28. The number of piperidine rings is 1. The van der Waals surface area contributed by atoms with Crippen LogP contribution < -0.4 is 14.6 Å². The van der Waals surface area contributed by atoms with E-state index in [2.05, 4.69) is 4.72 Å². The summed E-state index contributed by atoms with van der Waals surface area (Å²) in [7, 11) is -3.92. The van der Waals surface area contributed by atoms with Gasteiger partial charge in [-0.15, -0.1) is 0 Å². The number of nitriles is 1. The van der Waals surface area contributed by atoms with Crippen molar-refractivity contribution in [2.75, 3.05) is 17.9 Å². The van der Waals surface area contributed by atoms with Crippen molar-refractivity contribution in [2.45, 2.75) is 45.6 Å². The molecule has 9 heteroatoms. The zero-order valence-corrected chi connectivity index (χ0v) is 16.5. The zero-order valence-electron chi connectivity index (χ0n) is 15.6. The maximum atomic E-state index is 12.5. The summed E-state index contributed by atoms with van der Waals surface area (Å²) in [4.78, 5) is 14.4. The van der Waals surface area contributed by atoms with E-state index in [0.29, 0.717) is 13.0 Å². The third-order valence-electron chi connectivity index (χ3n) is 4.32. The first-order chi connectivity index (χ1) is 12.7. The lowest BCUT2D eigenvalue weighted by Gasteiger charge is -2.36. The van der Waals surface area contributed by atoms with Gasteiger partial charge in [0.05, 0.1) is 17.3 Å². The Kier molecular flexibility index (Phi) is 7.05. The topological polar surface area (TPSA) is 126 Å². The number of amides is 1. The van der Waals surface area contributed by atoms with Crippen molar-refractivity contribution in [3.63, 3.8) is 0 Å². The molecule has 0 radical (unpaired) electrons. The van der Waals surface area contributed by atoms with Crippen molar-refractivity contribution in [1.29, 1.82) is 5.26 Å². The number of likely N-dealkylation sites (tertiary alicyclic amines) is 1. The fraction of sp³-hybridized carbons (Fsp3) is 0.556. The van der Waals surface area contributed by atoms with Gasteiger partial charge >= 0.3 is 0 Å². The summed E-state index contributed by atoms with van der Waals surface area (Å²) in [6.45, 7) is 4.97. The van der Waals surface area contributed by atoms with Crippen molar-refractivity contribution in [1.82, 2.24) is 4.90 Å². The van der Waals surface area contributed by atoms with E-state index in [0.717, 1.165) is 19.3 Å². The van der Waals surface area contributed by atoms with Gasteiger partial charge in [-0.1, -0.05) is 13.8 Å². The van der Waals surface area contributed by atoms with Crippen molar-refractivity contribution in [3.05, 3.63) is 23.8 Å². The predicted octanol–water partition coefficient (Wildman–Crippen LogP) is 1.98. The molecule has 1 aliphatic rings. The standard InChI is InChI=1S/C18H26N4O4S/c1-13(2)9-18(23)22-8-4-3-5-16(22)12-26-17-10-15(21-27(20,24)25)7-6-14(17)11-19/h6-7,10,13,16,21H,3-5,8-9,12H2,1-2H3,(H2,20,24,25). The Morgan fingerprint density at radius 2 is 2.19 bits per heavy atom. The molecule has 1 heterocycles. The number of hydrogen-bond acceptors (Lipinski definition) is 5. The number of nitrogens with two attached hydrogens (primary N) is 1. The molecule has 1 unspecified atom stereocenters. The van der Waals surface area contributed by atoms with Gasteiger partial charge in [0.1, 0.15) is 18.4 Å². The highest BCUT2D eigenvalue weighted by Crippen LogP contribution is 2.25. The SMILES string of the molecule is CC(C)CC(=O)N1CCCCC1COc1cc(NS(N)(=O)=O)ccc1C#N. The first-order valence-electron chi connectivity index (χ1n) is 8.96. The van der Waals surface area contributed by atoms with Crippen LogP contribution in [0, 0.1) is 17.2 Å². The zero-order chi connectivity index (χ0) is 20.0. The van der Waals surface area contributed by atoms with Crippen LogP contribution in [-0.2, 0) is 15.0 Å². The minimum atomic E-state index is -3.92. The van der Waals surface area contributed by atoms with Gasteiger partial charge in [-0.2, -0.15) is 13.7 Å². The summed E-state index contributed by atoms with van der Waals surface area (Å²) in [5.41, 5.74) is 0.494. The highest BCUT2D eigenvalue weighted by atomic mass is 32.2. The molecule has 2 rings (SSSR count). The molecule has 1 aliphatic heterocycles. The van der Waals surface area contributed by atoms with Gasteiger partial charge in [0.15, 0.2) is 0 Å². The minimum absolute atomic E-state index is 0.0635. The Hall–Kier alpha value is -2.31. The molecule has 0 aliphatic carbocycles. The van der Waals surface area contributed by atoms with Gasteiger partial charge in [0.25, 0.3) is 10.2 Å². The Morgan fingerprint density at radius 1 is 1.44 bits per heavy atom. The lowest BCUT2D eigenvalue weighted by molar-refractivity contribution is -0.136. The number of carbonyl (C=O) groups excluding carboxylic acids is 1. The van der Waals surface area contributed by atoms with Gasteiger partial charge in [0, 0.05) is 19.0 Å². The van der Waals surface area contributed by atoms with Crippen LogP contribution in [0.15, 0.2) is 18.2 Å². The Labute approximate surface area is 160 Å². The average Bonchev–Trinajstić information content (AvgIpc) is 2.58. The highest BCUT2D eigenvalue weighted by Gasteiger charge is 2.27. The van der Waals surface area contributed by atoms with Crippen LogP contribution in [0.2, 0.25) is 0 Å². The maximum Gasteiger partial charge on any atom is 0.296 e. The van der Waals surface area contributed by atoms with E-state index in [-0.39, 0.29) is 41.5 Å². The molecule has 148 valence electrons. The van der Waals surface area contributed by atoms with E-state index in [1.165, 1.54) is 18.2 Å². The summed E-state index contributed by atoms with van der Waals surface area (Å²) in [5.74, 6) is 0.656. The first-order valence-corrected chi connectivity index (χ1v) is 10.5. The molecule has 0 bridgehead atoms. The molecule has 1 atom stereocenters. The van der Waals surface area contributed by atoms with Crippen molar-refractivity contribution < 1.29 is 17.9 Å². The number of carbonyl (C=O) groups is 1. The quantitative estimate of drug-likeness (QED) is 0.731. The normalized spacial score (nSPS) is 17.4. The second-order valence-electron chi connectivity index (χ2n) is 7.12. The molecule has 3 N–H and O–H groups in total. The minimum Gasteiger partial charge on any atom is -0.490 e. The third kappa shape index (κ3) is 6.41. The molecule has 1 aromatic rings. The number of anilines is 1. The van der Waals surface area contributed by atoms with Crippen molar-refractivity contribution >= 4 is 21.8 Å². The summed E-state index contributed by atoms with van der Waals surface area (Å²) in [5, 5.41) is 14.2. The molecule has 1 fully saturated rings. The fourth-order valence-electron chi connectivity index (χ4n) is 3.12. The first kappa shape index (κ1) is 21.0. The number of hydrogen-bond donors (Lipinski definition) is 2. The van der Waals surface area contributed by atoms with E-state index >= 15 is 0 Å². The lowest BCUT2D eigenvalue weighted by Crippen LogP contribution is -2.47. The fourth-order valence-corrected chi connectivity index (χ4v) is 3.57. The lowest BCUT2D eigenvalue weighted by atomic mass is 10.0. The molecule has 1 aromatic carbocycles. The van der Waals surface area contributed by atoms with Crippen LogP contribution >= 0.6 is 0 Å². The number of nitrogens with zero attached hydrogens (tertiary/aromatic N) is 2. The van der Waals surface area contributed by atoms with Gasteiger partial charge in [-0.05, 0) is 37.3 Å². The molecule has 0 spiro atoms. The Balaban J connectivity index is 2.12.